The average molecular weight is 385 g/mol. The van der Waals surface area contributed by atoms with Gasteiger partial charge < -0.3 is 14.4 Å². The van der Waals surface area contributed by atoms with Gasteiger partial charge in [-0.15, -0.1) is 0 Å². The van der Waals surface area contributed by atoms with Gasteiger partial charge in [-0.2, -0.15) is 0 Å². The molecular weight excluding hydrogens is 362 g/mol. The van der Waals surface area contributed by atoms with Gasteiger partial charge in [0.25, 0.3) is 0 Å². The zero-order valence-electron chi connectivity index (χ0n) is 16.5. The molecule has 0 fully saturated rings. The Morgan fingerprint density at radius 3 is 2.28 bits per heavy atom. The van der Waals surface area contributed by atoms with E-state index in [9.17, 15) is 4.79 Å². The maximum absolute atomic E-state index is 13.0. The summed E-state index contributed by atoms with van der Waals surface area (Å²) in [7, 11) is 3.08. The Balaban J connectivity index is 1.93. The minimum absolute atomic E-state index is 0.125. The van der Waals surface area contributed by atoms with Gasteiger partial charge in [0.2, 0.25) is 0 Å². The van der Waals surface area contributed by atoms with Crippen LogP contribution in [0.25, 0.3) is 6.08 Å². The van der Waals surface area contributed by atoms with Gasteiger partial charge in [0.05, 0.1) is 20.3 Å². The molecule has 0 radical (unpaired) electrons. The van der Waals surface area contributed by atoms with Crippen molar-refractivity contribution in [2.45, 2.75) is 12.1 Å². The Labute approximate surface area is 171 Å². The monoisotopic (exact) mass is 385 g/mol. The highest BCUT2D eigenvalue weighted by Crippen LogP contribution is 2.44. The van der Waals surface area contributed by atoms with Gasteiger partial charge in [0.1, 0.15) is 5.75 Å². The third kappa shape index (κ3) is 3.61. The van der Waals surface area contributed by atoms with Gasteiger partial charge in [-0.1, -0.05) is 72.8 Å². The molecule has 1 aliphatic rings. The summed E-state index contributed by atoms with van der Waals surface area (Å²) in [6.07, 6.45) is 4.23. The summed E-state index contributed by atoms with van der Waals surface area (Å²) >= 11 is 0. The normalized spacial score (nSPS) is 16.1. The van der Waals surface area contributed by atoms with E-state index in [1.54, 1.807) is 7.11 Å². The number of fused-ring (bicyclic) bond motifs is 1. The van der Waals surface area contributed by atoms with Crippen molar-refractivity contribution in [2.75, 3.05) is 19.1 Å². The fraction of sp³-hybridized carbons (Fsp3) is 0.160. The molecule has 146 valence electrons. The molecule has 0 saturated carbocycles. The van der Waals surface area contributed by atoms with Gasteiger partial charge in [-0.3, -0.25) is 0 Å². The predicted molar refractivity (Wildman–Crippen MR) is 115 cm³/mol. The Bertz CT molecular complexity index is 1010. The van der Waals surface area contributed by atoms with Crippen molar-refractivity contribution in [3.8, 4) is 5.75 Å². The Morgan fingerprint density at radius 2 is 1.62 bits per heavy atom. The summed E-state index contributed by atoms with van der Waals surface area (Å²) in [5.41, 5.74) is 3.94. The molecule has 2 atom stereocenters. The molecule has 0 spiro atoms. The maximum Gasteiger partial charge on any atom is 0.333 e. The quantitative estimate of drug-likeness (QED) is 0.567. The third-order valence-electron chi connectivity index (χ3n) is 5.23. The van der Waals surface area contributed by atoms with Crippen molar-refractivity contribution in [3.63, 3.8) is 0 Å². The van der Waals surface area contributed by atoms with Crippen molar-refractivity contribution in [2.24, 2.45) is 0 Å². The molecule has 0 N–H and O–H groups in total. The van der Waals surface area contributed by atoms with E-state index in [1.807, 2.05) is 66.7 Å². The average Bonchev–Trinajstić information content (AvgIpc) is 2.80. The third-order valence-corrected chi connectivity index (χ3v) is 5.23. The van der Waals surface area contributed by atoms with Crippen LogP contribution in [0, 0.1) is 0 Å². The van der Waals surface area contributed by atoms with E-state index >= 15 is 0 Å². The number of esters is 1. The summed E-state index contributed by atoms with van der Waals surface area (Å²) in [5.74, 6) is 0.439. The van der Waals surface area contributed by atoms with E-state index in [1.165, 1.54) is 7.11 Å². The first-order valence-corrected chi connectivity index (χ1v) is 9.55. The Morgan fingerprint density at radius 1 is 0.931 bits per heavy atom. The molecule has 3 aromatic rings. The van der Waals surface area contributed by atoms with Gasteiger partial charge in [-0.25, -0.2) is 4.79 Å². The highest BCUT2D eigenvalue weighted by atomic mass is 16.5. The smallest absolute Gasteiger partial charge is 0.333 e. The first-order valence-electron chi connectivity index (χ1n) is 9.55. The van der Waals surface area contributed by atoms with E-state index < -0.39 is 6.04 Å². The fourth-order valence-electron chi connectivity index (χ4n) is 3.83. The Hall–Kier alpha value is -3.53. The summed E-state index contributed by atoms with van der Waals surface area (Å²) in [6, 6.07) is 25.1. The van der Waals surface area contributed by atoms with Crippen LogP contribution in [0.5, 0.6) is 5.75 Å². The molecule has 0 aromatic heterocycles. The molecule has 4 heteroatoms. The molecule has 0 bridgehead atoms. The van der Waals surface area contributed by atoms with E-state index in [4.69, 9.17) is 9.47 Å². The van der Waals surface area contributed by atoms with Crippen molar-refractivity contribution in [1.82, 2.24) is 0 Å². The van der Waals surface area contributed by atoms with Gasteiger partial charge >= 0.3 is 5.97 Å². The van der Waals surface area contributed by atoms with Crippen LogP contribution in [0.2, 0.25) is 0 Å². The molecule has 1 aliphatic heterocycles. The lowest BCUT2D eigenvalue weighted by molar-refractivity contribution is -0.142. The number of hydrogen-bond donors (Lipinski definition) is 0. The zero-order chi connectivity index (χ0) is 20.2. The minimum Gasteiger partial charge on any atom is -0.497 e. The fourth-order valence-corrected chi connectivity index (χ4v) is 3.83. The van der Waals surface area contributed by atoms with Crippen LogP contribution in [0.4, 0.5) is 5.69 Å². The van der Waals surface area contributed by atoms with Crippen LogP contribution in [0.1, 0.15) is 28.8 Å². The molecule has 29 heavy (non-hydrogen) atoms. The van der Waals surface area contributed by atoms with Crippen LogP contribution in [0.3, 0.4) is 0 Å². The number of anilines is 1. The molecule has 0 aliphatic carbocycles. The van der Waals surface area contributed by atoms with E-state index in [0.717, 1.165) is 28.1 Å². The number of benzene rings is 3. The van der Waals surface area contributed by atoms with Crippen molar-refractivity contribution >= 4 is 17.7 Å². The van der Waals surface area contributed by atoms with Crippen LogP contribution >= 0.6 is 0 Å². The van der Waals surface area contributed by atoms with E-state index in [2.05, 4.69) is 29.2 Å². The summed E-state index contributed by atoms with van der Waals surface area (Å²) in [6.45, 7) is 0. The second-order valence-corrected chi connectivity index (χ2v) is 6.88. The highest BCUT2D eigenvalue weighted by Gasteiger charge is 2.36. The summed E-state index contributed by atoms with van der Waals surface area (Å²) in [5, 5.41) is 0. The van der Waals surface area contributed by atoms with Gasteiger partial charge in [0.15, 0.2) is 6.04 Å². The summed E-state index contributed by atoms with van der Waals surface area (Å²) in [4.78, 5) is 15.2. The van der Waals surface area contributed by atoms with E-state index in [-0.39, 0.29) is 12.0 Å². The number of nitrogens with zero attached hydrogens (tertiary/aromatic N) is 1. The number of carbonyl (C=O) groups is 1. The first-order chi connectivity index (χ1) is 14.2. The number of carbonyl (C=O) groups excluding carboxylic acids is 1. The molecule has 0 amide bonds. The largest absolute Gasteiger partial charge is 0.497 e. The number of methoxy groups -OCH3 is 2. The lowest BCUT2D eigenvalue weighted by atomic mass is 9.93. The molecule has 0 unspecified atom stereocenters. The molecule has 3 aromatic carbocycles. The standard InChI is InChI=1S/C25H23NO3/c1-28-21-15-13-19-14-16-22(18-9-5-3-6-10-18)26(23(19)17-21)24(25(27)29-2)20-11-7-4-8-12-20/h3-17,22,24H,1-2H3/t22-,24+/m1/s1. The maximum atomic E-state index is 13.0. The highest BCUT2D eigenvalue weighted by molar-refractivity contribution is 5.86. The second-order valence-electron chi connectivity index (χ2n) is 6.88. The molecule has 1 heterocycles. The van der Waals surface area contributed by atoms with E-state index in [0.29, 0.717) is 0 Å². The molecule has 4 rings (SSSR count). The topological polar surface area (TPSA) is 38.8 Å². The van der Waals surface area contributed by atoms with Crippen molar-refractivity contribution in [3.05, 3.63) is 102 Å². The van der Waals surface area contributed by atoms with Crippen LogP contribution < -0.4 is 9.64 Å². The van der Waals surface area contributed by atoms with Crippen molar-refractivity contribution in [1.29, 1.82) is 0 Å². The first kappa shape index (κ1) is 18.8. The van der Waals surface area contributed by atoms with Crippen LogP contribution in [-0.4, -0.2) is 20.2 Å². The number of hydrogen-bond acceptors (Lipinski definition) is 4. The summed E-state index contributed by atoms with van der Waals surface area (Å²) < 4.78 is 10.7. The van der Waals surface area contributed by atoms with Gasteiger partial charge in [-0.05, 0) is 28.8 Å². The minimum atomic E-state index is -0.595. The molecular formula is C25H23NO3. The van der Waals surface area contributed by atoms with Gasteiger partial charge in [0, 0.05) is 11.8 Å². The van der Waals surface area contributed by atoms with Crippen LogP contribution in [-0.2, 0) is 9.53 Å². The lowest BCUT2D eigenvalue weighted by Gasteiger charge is -2.40. The van der Waals surface area contributed by atoms with Crippen molar-refractivity contribution < 1.29 is 14.3 Å². The lowest BCUT2D eigenvalue weighted by Crippen LogP contribution is -2.39. The molecule has 4 nitrogen and oxygen atoms in total. The van der Waals surface area contributed by atoms with Crippen LogP contribution in [0.15, 0.2) is 84.9 Å². The number of ether oxygens (including phenoxy) is 2. The Kier molecular flexibility index (Phi) is 5.34. The molecule has 0 saturated heterocycles. The SMILES string of the molecule is COC(=O)[C@H](c1ccccc1)N1c2cc(OC)ccc2C=C[C@@H]1c1ccccc1. The second kappa shape index (κ2) is 8.23. The zero-order valence-corrected chi connectivity index (χ0v) is 16.5. The predicted octanol–water partition coefficient (Wildman–Crippen LogP) is 5.18. The number of rotatable bonds is 5.